The molecule has 7 heteroatoms. The second kappa shape index (κ2) is 7.44. The van der Waals surface area contributed by atoms with Crippen LogP contribution in [0, 0.1) is 24.0 Å². The van der Waals surface area contributed by atoms with Gasteiger partial charge in [-0.2, -0.15) is 0 Å². The van der Waals surface area contributed by atoms with Gasteiger partial charge in [-0.3, -0.25) is 14.9 Å². The molecule has 0 atom stereocenters. The summed E-state index contributed by atoms with van der Waals surface area (Å²) in [4.78, 5) is 27.6. The lowest BCUT2D eigenvalue weighted by Gasteiger charge is -2.07. The fourth-order valence-electron chi connectivity index (χ4n) is 3.06. The normalized spacial score (nSPS) is 10.8. The number of carbonyl (C=O) groups excluding carboxylic acids is 1. The number of rotatable bonds is 4. The zero-order valence-corrected chi connectivity index (χ0v) is 16.6. The Kier molecular flexibility index (Phi) is 4.82. The van der Waals surface area contributed by atoms with Crippen molar-refractivity contribution >= 4 is 38.8 Å². The second-order valence-corrected chi connectivity index (χ2v) is 7.81. The molecule has 29 heavy (non-hydrogen) atoms. The van der Waals surface area contributed by atoms with Crippen LogP contribution >= 0.6 is 11.3 Å². The molecule has 0 saturated carbocycles. The second-order valence-electron chi connectivity index (χ2n) is 6.78. The lowest BCUT2D eigenvalue weighted by Crippen LogP contribution is -2.12. The SMILES string of the molecule is Cc1ccc2sc(-c3ccc(NC(=O)c4ccc([N+](=O)[O-])c(C)c4)cc3)nc2c1. The van der Waals surface area contributed by atoms with Gasteiger partial charge < -0.3 is 5.32 Å². The van der Waals surface area contributed by atoms with Gasteiger partial charge in [0.05, 0.1) is 15.1 Å². The van der Waals surface area contributed by atoms with Crippen molar-refractivity contribution in [1.82, 2.24) is 4.98 Å². The number of aromatic nitrogens is 1. The number of carbonyl (C=O) groups is 1. The minimum absolute atomic E-state index is 0.00284. The fraction of sp³-hybridized carbons (Fsp3) is 0.0909. The van der Waals surface area contributed by atoms with E-state index in [1.165, 1.54) is 23.8 Å². The molecule has 1 heterocycles. The molecule has 0 spiro atoms. The molecule has 1 N–H and O–H groups in total. The number of benzene rings is 3. The van der Waals surface area contributed by atoms with E-state index in [0.717, 1.165) is 20.8 Å². The Morgan fingerprint density at radius 1 is 1.03 bits per heavy atom. The van der Waals surface area contributed by atoms with Gasteiger partial charge in [0.15, 0.2) is 0 Å². The number of anilines is 1. The highest BCUT2D eigenvalue weighted by molar-refractivity contribution is 7.21. The quantitative estimate of drug-likeness (QED) is 0.348. The summed E-state index contributed by atoms with van der Waals surface area (Å²) in [6.45, 7) is 3.66. The van der Waals surface area contributed by atoms with Crippen LogP contribution in [-0.4, -0.2) is 15.8 Å². The molecule has 0 saturated heterocycles. The molecule has 1 amide bonds. The summed E-state index contributed by atoms with van der Waals surface area (Å²) in [5.41, 5.74) is 4.60. The van der Waals surface area contributed by atoms with E-state index in [-0.39, 0.29) is 11.6 Å². The van der Waals surface area contributed by atoms with Crippen LogP contribution in [-0.2, 0) is 0 Å². The van der Waals surface area contributed by atoms with Crippen molar-refractivity contribution in [2.45, 2.75) is 13.8 Å². The Hall–Kier alpha value is -3.58. The summed E-state index contributed by atoms with van der Waals surface area (Å²) in [6, 6.07) is 18.0. The minimum atomic E-state index is -0.459. The maximum absolute atomic E-state index is 12.5. The van der Waals surface area contributed by atoms with Crippen LogP contribution in [0.4, 0.5) is 11.4 Å². The Bertz CT molecular complexity index is 1250. The van der Waals surface area contributed by atoms with E-state index in [4.69, 9.17) is 4.98 Å². The van der Waals surface area contributed by atoms with Crippen LogP contribution in [0.2, 0.25) is 0 Å². The van der Waals surface area contributed by atoms with Gasteiger partial charge in [0.2, 0.25) is 0 Å². The molecule has 4 rings (SSSR count). The molecule has 3 aromatic carbocycles. The lowest BCUT2D eigenvalue weighted by atomic mass is 10.1. The van der Waals surface area contributed by atoms with Gasteiger partial charge in [0.1, 0.15) is 5.01 Å². The summed E-state index contributed by atoms with van der Waals surface area (Å²) < 4.78 is 1.14. The predicted molar refractivity (Wildman–Crippen MR) is 116 cm³/mol. The highest BCUT2D eigenvalue weighted by atomic mass is 32.1. The Morgan fingerprint density at radius 2 is 1.79 bits per heavy atom. The minimum Gasteiger partial charge on any atom is -0.322 e. The number of nitrogens with zero attached hydrogens (tertiary/aromatic N) is 2. The molecule has 0 fully saturated rings. The highest BCUT2D eigenvalue weighted by Crippen LogP contribution is 2.31. The molecule has 4 aromatic rings. The summed E-state index contributed by atoms with van der Waals surface area (Å²) in [7, 11) is 0. The first-order chi connectivity index (χ1) is 13.9. The van der Waals surface area contributed by atoms with Crippen molar-refractivity contribution in [2.24, 2.45) is 0 Å². The van der Waals surface area contributed by atoms with Crippen molar-refractivity contribution in [3.63, 3.8) is 0 Å². The van der Waals surface area contributed by atoms with E-state index in [2.05, 4.69) is 23.5 Å². The number of nitro groups is 1. The van der Waals surface area contributed by atoms with Crippen molar-refractivity contribution in [3.05, 3.63) is 87.5 Å². The Balaban J connectivity index is 1.52. The topological polar surface area (TPSA) is 85.1 Å². The number of hydrogen-bond acceptors (Lipinski definition) is 5. The number of thiazole rings is 1. The number of nitrogens with one attached hydrogen (secondary N) is 1. The van der Waals surface area contributed by atoms with Crippen molar-refractivity contribution < 1.29 is 9.72 Å². The van der Waals surface area contributed by atoms with Crippen LogP contribution in [0.1, 0.15) is 21.5 Å². The molecular formula is C22H17N3O3S. The van der Waals surface area contributed by atoms with Crippen LogP contribution in [0.15, 0.2) is 60.7 Å². The smallest absolute Gasteiger partial charge is 0.272 e. The first-order valence-electron chi connectivity index (χ1n) is 8.95. The van der Waals surface area contributed by atoms with Gasteiger partial charge in [0.25, 0.3) is 11.6 Å². The number of hydrogen-bond donors (Lipinski definition) is 1. The molecule has 144 valence electrons. The standard InChI is InChI=1S/C22H17N3O3S/c1-13-3-10-20-18(11-13)24-22(29-20)15-4-7-17(8-5-15)23-21(26)16-6-9-19(25(27)28)14(2)12-16/h3-12H,1-2H3,(H,23,26). The monoisotopic (exact) mass is 403 g/mol. The summed E-state index contributed by atoms with van der Waals surface area (Å²) >= 11 is 1.63. The molecule has 0 aliphatic heterocycles. The molecule has 0 bridgehead atoms. The molecule has 6 nitrogen and oxygen atoms in total. The van der Waals surface area contributed by atoms with Crippen LogP contribution in [0.25, 0.3) is 20.8 Å². The van der Waals surface area contributed by atoms with Gasteiger partial charge >= 0.3 is 0 Å². The van der Waals surface area contributed by atoms with Crippen molar-refractivity contribution in [3.8, 4) is 10.6 Å². The first-order valence-corrected chi connectivity index (χ1v) is 9.76. The molecule has 1 aromatic heterocycles. The Labute approximate surface area is 171 Å². The third-order valence-corrected chi connectivity index (χ3v) is 5.67. The third-order valence-electron chi connectivity index (χ3n) is 4.59. The maximum atomic E-state index is 12.5. The lowest BCUT2D eigenvalue weighted by molar-refractivity contribution is -0.385. The van der Waals surface area contributed by atoms with E-state index in [0.29, 0.717) is 16.8 Å². The van der Waals surface area contributed by atoms with E-state index in [1.807, 2.05) is 31.2 Å². The summed E-state index contributed by atoms with van der Waals surface area (Å²) in [5, 5.41) is 14.7. The van der Waals surface area contributed by atoms with Crippen LogP contribution < -0.4 is 5.32 Å². The zero-order valence-electron chi connectivity index (χ0n) is 15.8. The third kappa shape index (κ3) is 3.86. The number of fused-ring (bicyclic) bond motifs is 1. The predicted octanol–water partition coefficient (Wildman–Crippen LogP) is 5.74. The first kappa shape index (κ1) is 18.8. The van der Waals surface area contributed by atoms with Crippen LogP contribution in [0.5, 0.6) is 0 Å². The average molecular weight is 403 g/mol. The molecule has 0 aliphatic carbocycles. The number of amides is 1. The van der Waals surface area contributed by atoms with Crippen LogP contribution in [0.3, 0.4) is 0 Å². The number of nitro benzene ring substituents is 1. The fourth-order valence-corrected chi connectivity index (χ4v) is 4.01. The largest absolute Gasteiger partial charge is 0.322 e. The van der Waals surface area contributed by atoms with E-state index < -0.39 is 4.92 Å². The molecule has 0 aliphatic rings. The van der Waals surface area contributed by atoms with Gasteiger partial charge in [-0.1, -0.05) is 6.07 Å². The number of aryl methyl sites for hydroxylation is 2. The molecule has 0 unspecified atom stereocenters. The van der Waals surface area contributed by atoms with E-state index in [9.17, 15) is 14.9 Å². The summed E-state index contributed by atoms with van der Waals surface area (Å²) in [5.74, 6) is -0.314. The Morgan fingerprint density at radius 3 is 2.48 bits per heavy atom. The molecular weight excluding hydrogens is 386 g/mol. The zero-order chi connectivity index (χ0) is 20.5. The maximum Gasteiger partial charge on any atom is 0.272 e. The van der Waals surface area contributed by atoms with Crippen molar-refractivity contribution in [2.75, 3.05) is 5.32 Å². The van der Waals surface area contributed by atoms with Gasteiger partial charge in [-0.05, 0) is 67.9 Å². The van der Waals surface area contributed by atoms with Gasteiger partial charge in [-0.25, -0.2) is 4.98 Å². The summed E-state index contributed by atoms with van der Waals surface area (Å²) in [6.07, 6.45) is 0. The van der Waals surface area contributed by atoms with E-state index in [1.54, 1.807) is 18.3 Å². The van der Waals surface area contributed by atoms with Gasteiger partial charge in [-0.15, -0.1) is 11.3 Å². The molecule has 0 radical (unpaired) electrons. The highest BCUT2D eigenvalue weighted by Gasteiger charge is 2.14. The van der Waals surface area contributed by atoms with Gasteiger partial charge in [0, 0.05) is 28.4 Å². The average Bonchev–Trinajstić information content (AvgIpc) is 3.11. The van der Waals surface area contributed by atoms with Crippen molar-refractivity contribution in [1.29, 1.82) is 0 Å². The van der Waals surface area contributed by atoms with E-state index >= 15 is 0 Å².